The zero-order chi connectivity index (χ0) is 23.8. The van der Waals surface area contributed by atoms with Gasteiger partial charge in [0.2, 0.25) is 11.9 Å². The van der Waals surface area contributed by atoms with E-state index in [0.29, 0.717) is 5.95 Å². The average molecular weight is 463 g/mol. The standard InChI is InChI=1S/C23H25N7O4/c24-14-5-1-12(2-6-14)9-13-3-7-15(8-4-13)26-23-27-19-20(28-22(25)29-21(19)33)30(23)18-10-16(32)17(11-31)34-18/h1-8,16-18,31-32H,9-11,24H2,(H,26,27)(H3,25,28,29,33)/t16-,17+,18+/m0/s1. The summed E-state index contributed by atoms with van der Waals surface area (Å²) in [7, 11) is 0. The van der Waals surface area contributed by atoms with Crippen molar-refractivity contribution in [1.29, 1.82) is 0 Å². The molecule has 0 radical (unpaired) electrons. The maximum Gasteiger partial charge on any atom is 0.280 e. The molecule has 11 heteroatoms. The Labute approximate surface area is 194 Å². The number of imidazole rings is 1. The SMILES string of the molecule is Nc1ccc(Cc2ccc(Nc3nc4c(=O)[nH]c(N)nc4n3[C@H]3C[C@H](O)[C@@H](CO)O3)cc2)cc1. The summed E-state index contributed by atoms with van der Waals surface area (Å²) >= 11 is 0. The van der Waals surface area contributed by atoms with Crippen LogP contribution in [0.4, 0.5) is 23.3 Å². The number of aliphatic hydroxyl groups is 2. The van der Waals surface area contributed by atoms with Crippen LogP contribution in [0.3, 0.4) is 0 Å². The van der Waals surface area contributed by atoms with Crippen LogP contribution in [0.15, 0.2) is 53.3 Å². The Kier molecular flexibility index (Phi) is 5.65. The number of fused-ring (bicyclic) bond motifs is 1. The minimum absolute atomic E-state index is 0.0607. The Balaban J connectivity index is 1.46. The molecule has 1 aliphatic rings. The molecule has 0 aliphatic carbocycles. The molecule has 1 fully saturated rings. The van der Waals surface area contributed by atoms with Gasteiger partial charge in [-0.25, -0.2) is 4.98 Å². The van der Waals surface area contributed by atoms with Crippen molar-refractivity contribution in [3.63, 3.8) is 0 Å². The molecule has 8 N–H and O–H groups in total. The van der Waals surface area contributed by atoms with Crippen LogP contribution in [0.5, 0.6) is 0 Å². The highest BCUT2D eigenvalue weighted by molar-refractivity contribution is 5.76. The fourth-order valence-corrected chi connectivity index (χ4v) is 4.11. The number of aromatic amines is 1. The zero-order valence-corrected chi connectivity index (χ0v) is 18.2. The van der Waals surface area contributed by atoms with Crippen LogP contribution in [0.25, 0.3) is 11.2 Å². The number of nitrogen functional groups attached to an aromatic ring is 2. The molecule has 3 heterocycles. The number of hydrogen-bond acceptors (Lipinski definition) is 9. The summed E-state index contributed by atoms with van der Waals surface area (Å²) < 4.78 is 7.39. The number of anilines is 4. The van der Waals surface area contributed by atoms with Gasteiger partial charge in [0.15, 0.2) is 11.2 Å². The van der Waals surface area contributed by atoms with Gasteiger partial charge in [-0.2, -0.15) is 4.98 Å². The Hall–Kier alpha value is -3.93. The van der Waals surface area contributed by atoms with Gasteiger partial charge in [-0.3, -0.25) is 14.3 Å². The quantitative estimate of drug-likeness (QED) is 0.230. The Morgan fingerprint density at radius 1 is 1.09 bits per heavy atom. The lowest BCUT2D eigenvalue weighted by molar-refractivity contribution is -0.0425. The van der Waals surface area contributed by atoms with Crippen molar-refractivity contribution < 1.29 is 14.9 Å². The second-order valence-electron chi connectivity index (χ2n) is 8.28. The van der Waals surface area contributed by atoms with Gasteiger partial charge in [0.1, 0.15) is 12.3 Å². The first-order chi connectivity index (χ1) is 16.4. The molecule has 0 saturated carbocycles. The molecule has 1 saturated heterocycles. The van der Waals surface area contributed by atoms with Gasteiger partial charge >= 0.3 is 0 Å². The van der Waals surface area contributed by atoms with Crippen molar-refractivity contribution in [2.75, 3.05) is 23.4 Å². The van der Waals surface area contributed by atoms with Crippen LogP contribution in [0.1, 0.15) is 23.8 Å². The molecule has 2 aromatic carbocycles. The zero-order valence-electron chi connectivity index (χ0n) is 18.2. The lowest BCUT2D eigenvalue weighted by Crippen LogP contribution is -2.24. The number of ether oxygens (including phenoxy) is 1. The number of aliphatic hydroxyl groups excluding tert-OH is 2. The predicted molar refractivity (Wildman–Crippen MR) is 128 cm³/mol. The van der Waals surface area contributed by atoms with E-state index in [-0.39, 0.29) is 30.1 Å². The van der Waals surface area contributed by atoms with Crippen LogP contribution >= 0.6 is 0 Å². The van der Waals surface area contributed by atoms with E-state index in [1.807, 2.05) is 48.5 Å². The highest BCUT2D eigenvalue weighted by Crippen LogP contribution is 2.34. The lowest BCUT2D eigenvalue weighted by atomic mass is 10.0. The lowest BCUT2D eigenvalue weighted by Gasteiger charge is -2.17. The molecule has 1 aliphatic heterocycles. The van der Waals surface area contributed by atoms with Crippen molar-refractivity contribution in [3.8, 4) is 0 Å². The fourth-order valence-electron chi connectivity index (χ4n) is 4.11. The van der Waals surface area contributed by atoms with Crippen molar-refractivity contribution in [2.45, 2.75) is 31.3 Å². The van der Waals surface area contributed by atoms with Crippen molar-refractivity contribution in [2.24, 2.45) is 0 Å². The normalized spacial score (nSPS) is 20.1. The monoisotopic (exact) mass is 463 g/mol. The van der Waals surface area contributed by atoms with Crippen LogP contribution in [0.2, 0.25) is 0 Å². The minimum atomic E-state index is -0.868. The molecular weight excluding hydrogens is 438 g/mol. The molecule has 176 valence electrons. The highest BCUT2D eigenvalue weighted by Gasteiger charge is 2.37. The minimum Gasteiger partial charge on any atom is -0.399 e. The average Bonchev–Trinajstić information content (AvgIpc) is 3.36. The molecular formula is C23H25N7O4. The molecule has 0 bridgehead atoms. The molecule has 0 unspecified atom stereocenters. The number of H-pyrrole nitrogens is 1. The summed E-state index contributed by atoms with van der Waals surface area (Å²) in [6, 6.07) is 15.5. The third kappa shape index (κ3) is 4.19. The van der Waals surface area contributed by atoms with Gasteiger partial charge < -0.3 is 31.7 Å². The van der Waals surface area contributed by atoms with E-state index in [9.17, 15) is 15.0 Å². The van der Waals surface area contributed by atoms with E-state index in [4.69, 9.17) is 16.2 Å². The summed E-state index contributed by atoms with van der Waals surface area (Å²) in [6.07, 6.45) is -1.36. The van der Waals surface area contributed by atoms with Crippen molar-refractivity contribution in [3.05, 3.63) is 70.0 Å². The molecule has 2 aromatic heterocycles. The van der Waals surface area contributed by atoms with Gasteiger partial charge in [0.05, 0.1) is 12.7 Å². The number of nitrogens with zero attached hydrogens (tertiary/aromatic N) is 3. The van der Waals surface area contributed by atoms with E-state index in [0.717, 1.165) is 28.9 Å². The molecule has 5 rings (SSSR count). The third-order valence-corrected chi connectivity index (χ3v) is 5.84. The van der Waals surface area contributed by atoms with Gasteiger partial charge in [0.25, 0.3) is 5.56 Å². The van der Waals surface area contributed by atoms with Crippen molar-refractivity contribution >= 4 is 34.4 Å². The van der Waals surface area contributed by atoms with Gasteiger partial charge in [-0.15, -0.1) is 0 Å². The first kappa shape index (κ1) is 21.9. The number of aromatic nitrogens is 4. The maximum atomic E-state index is 12.4. The second-order valence-corrected chi connectivity index (χ2v) is 8.28. The van der Waals surface area contributed by atoms with Crippen LogP contribution in [-0.4, -0.2) is 48.5 Å². The number of nitrogens with two attached hydrogens (primary N) is 2. The van der Waals surface area contributed by atoms with Gasteiger partial charge in [0, 0.05) is 17.8 Å². The summed E-state index contributed by atoms with van der Waals surface area (Å²) in [4.78, 5) is 23.5. The molecule has 0 amide bonds. The number of hydrogen-bond donors (Lipinski definition) is 6. The van der Waals surface area contributed by atoms with Crippen LogP contribution in [0, 0.1) is 0 Å². The van der Waals surface area contributed by atoms with E-state index in [1.165, 1.54) is 0 Å². The Morgan fingerprint density at radius 2 is 1.76 bits per heavy atom. The smallest absolute Gasteiger partial charge is 0.280 e. The maximum absolute atomic E-state index is 12.4. The van der Waals surface area contributed by atoms with Gasteiger partial charge in [-0.1, -0.05) is 24.3 Å². The number of nitrogens with one attached hydrogen (secondary N) is 2. The predicted octanol–water partition coefficient (Wildman–Crippen LogP) is 1.26. The molecule has 34 heavy (non-hydrogen) atoms. The second kappa shape index (κ2) is 8.78. The molecule has 11 nitrogen and oxygen atoms in total. The molecule has 3 atom stereocenters. The van der Waals surface area contributed by atoms with Crippen LogP contribution < -0.4 is 22.3 Å². The van der Waals surface area contributed by atoms with E-state index in [1.54, 1.807) is 4.57 Å². The first-order valence-electron chi connectivity index (χ1n) is 10.8. The Bertz CT molecular complexity index is 1370. The highest BCUT2D eigenvalue weighted by atomic mass is 16.5. The van der Waals surface area contributed by atoms with Crippen molar-refractivity contribution in [1.82, 2.24) is 19.5 Å². The first-order valence-corrected chi connectivity index (χ1v) is 10.8. The molecule has 4 aromatic rings. The summed E-state index contributed by atoms with van der Waals surface area (Å²) in [5.74, 6) is 0.246. The van der Waals surface area contributed by atoms with Gasteiger partial charge in [-0.05, 0) is 41.8 Å². The number of benzene rings is 2. The van der Waals surface area contributed by atoms with E-state index in [2.05, 4.69) is 20.3 Å². The summed E-state index contributed by atoms with van der Waals surface area (Å²) in [5.41, 5.74) is 15.1. The largest absolute Gasteiger partial charge is 0.399 e. The fraction of sp³-hybridized carbons (Fsp3) is 0.261. The third-order valence-electron chi connectivity index (χ3n) is 5.84. The summed E-state index contributed by atoms with van der Waals surface area (Å²) in [5, 5.41) is 22.9. The summed E-state index contributed by atoms with van der Waals surface area (Å²) in [6.45, 7) is -0.335. The van der Waals surface area contributed by atoms with Crippen LogP contribution in [-0.2, 0) is 11.2 Å². The Morgan fingerprint density at radius 3 is 2.41 bits per heavy atom. The molecule has 0 spiro atoms. The van der Waals surface area contributed by atoms with E-state index < -0.39 is 24.0 Å². The van der Waals surface area contributed by atoms with E-state index >= 15 is 0 Å². The topological polar surface area (TPSA) is 177 Å². The number of rotatable bonds is 6.